The quantitative estimate of drug-likeness (QED) is 0.391. The third kappa shape index (κ3) is 4.75. The van der Waals surface area contributed by atoms with Crippen molar-refractivity contribution >= 4 is 57.4 Å². The molecule has 0 unspecified atom stereocenters. The first kappa shape index (κ1) is 20.7. The molecule has 4 rings (SSSR count). The summed E-state index contributed by atoms with van der Waals surface area (Å²) in [6, 6.07) is 12.7. The number of ketones is 2. The lowest BCUT2D eigenvalue weighted by Crippen LogP contribution is -2.07. The fourth-order valence-electron chi connectivity index (χ4n) is 3.18. The van der Waals surface area contributed by atoms with Gasteiger partial charge >= 0.3 is 0 Å². The van der Waals surface area contributed by atoms with Gasteiger partial charge in [0.25, 0.3) is 0 Å². The first-order chi connectivity index (χ1) is 14.5. The molecule has 0 spiro atoms. The molecule has 150 valence electrons. The van der Waals surface area contributed by atoms with Crippen LogP contribution in [0.25, 0.3) is 5.57 Å². The predicted molar refractivity (Wildman–Crippen MR) is 122 cm³/mol. The van der Waals surface area contributed by atoms with Crippen LogP contribution in [-0.2, 0) is 6.42 Å². The SMILES string of the molecule is O=C(CC1=NC=C(c2ccc(CC(=O)c3cscn3)cc2)C1)c1ccc(Cl)c(Cl)c1. The van der Waals surface area contributed by atoms with Crippen molar-refractivity contribution in [1.82, 2.24) is 4.98 Å². The third-order valence-corrected chi connectivity index (χ3v) is 6.14. The fourth-order valence-corrected chi connectivity index (χ4v) is 4.04. The highest BCUT2D eigenvalue weighted by Crippen LogP contribution is 2.27. The van der Waals surface area contributed by atoms with Gasteiger partial charge in [-0.3, -0.25) is 14.6 Å². The average molecular weight is 455 g/mol. The van der Waals surface area contributed by atoms with Gasteiger partial charge in [0, 0.05) is 42.1 Å². The fraction of sp³-hybridized carbons (Fsp3) is 0.130. The number of Topliss-reactive ketones (excluding diaryl/α,β-unsaturated/α-hetero) is 2. The van der Waals surface area contributed by atoms with Gasteiger partial charge in [-0.15, -0.1) is 11.3 Å². The Hall–Kier alpha value is -2.60. The largest absolute Gasteiger partial charge is 0.294 e. The monoisotopic (exact) mass is 454 g/mol. The van der Waals surface area contributed by atoms with E-state index in [1.807, 2.05) is 24.3 Å². The second kappa shape index (κ2) is 9.04. The molecule has 3 aromatic rings. The van der Waals surface area contributed by atoms with Crippen LogP contribution in [-0.4, -0.2) is 22.3 Å². The van der Waals surface area contributed by atoms with E-state index in [2.05, 4.69) is 9.98 Å². The third-order valence-electron chi connectivity index (χ3n) is 4.81. The Labute approximate surface area is 187 Å². The molecule has 0 saturated carbocycles. The number of thiazole rings is 1. The molecule has 0 saturated heterocycles. The number of nitrogens with zero attached hydrogens (tertiary/aromatic N) is 2. The van der Waals surface area contributed by atoms with E-state index in [1.165, 1.54) is 11.3 Å². The van der Waals surface area contributed by atoms with Gasteiger partial charge in [0.2, 0.25) is 0 Å². The predicted octanol–water partition coefficient (Wildman–Crippen LogP) is 6.33. The Kier molecular flexibility index (Phi) is 6.23. The lowest BCUT2D eigenvalue weighted by Gasteiger charge is -2.06. The number of aliphatic imine (C=N–C) groups is 1. The summed E-state index contributed by atoms with van der Waals surface area (Å²) in [6.45, 7) is 0. The zero-order valence-electron chi connectivity index (χ0n) is 15.8. The van der Waals surface area contributed by atoms with Gasteiger partial charge in [-0.25, -0.2) is 4.98 Å². The van der Waals surface area contributed by atoms with E-state index in [0.717, 1.165) is 22.4 Å². The summed E-state index contributed by atoms with van der Waals surface area (Å²) in [5.41, 5.74) is 6.51. The number of rotatable bonds is 7. The van der Waals surface area contributed by atoms with Crippen LogP contribution in [0.5, 0.6) is 0 Å². The lowest BCUT2D eigenvalue weighted by molar-refractivity contribution is 0.0984. The van der Waals surface area contributed by atoms with Crippen molar-refractivity contribution in [1.29, 1.82) is 0 Å². The smallest absolute Gasteiger partial charge is 0.186 e. The van der Waals surface area contributed by atoms with Crippen molar-refractivity contribution < 1.29 is 9.59 Å². The maximum Gasteiger partial charge on any atom is 0.186 e. The molecular weight excluding hydrogens is 439 g/mol. The Balaban J connectivity index is 1.35. The molecule has 0 fully saturated rings. The number of carbonyl (C=O) groups is 2. The summed E-state index contributed by atoms with van der Waals surface area (Å²) in [5.74, 6) is -0.0339. The second-order valence-electron chi connectivity index (χ2n) is 6.93. The molecule has 1 aliphatic rings. The van der Waals surface area contributed by atoms with Crippen molar-refractivity contribution in [2.24, 2.45) is 4.99 Å². The van der Waals surface area contributed by atoms with Crippen molar-refractivity contribution in [3.63, 3.8) is 0 Å². The van der Waals surface area contributed by atoms with Gasteiger partial charge in [0.1, 0.15) is 5.69 Å². The molecule has 1 aromatic heterocycles. The topological polar surface area (TPSA) is 59.4 Å². The minimum atomic E-state index is -0.0436. The van der Waals surface area contributed by atoms with E-state index in [-0.39, 0.29) is 18.0 Å². The molecule has 30 heavy (non-hydrogen) atoms. The van der Waals surface area contributed by atoms with E-state index in [4.69, 9.17) is 23.2 Å². The number of allylic oxidation sites excluding steroid dienone is 1. The van der Waals surface area contributed by atoms with Crippen molar-refractivity contribution in [3.05, 3.63) is 92.0 Å². The Morgan fingerprint density at radius 1 is 0.967 bits per heavy atom. The van der Waals surface area contributed by atoms with Crippen LogP contribution in [0.3, 0.4) is 0 Å². The van der Waals surface area contributed by atoms with Crippen LogP contribution in [0.4, 0.5) is 0 Å². The minimum absolute atomic E-state index is 0.00974. The van der Waals surface area contributed by atoms with Crippen LogP contribution < -0.4 is 0 Å². The van der Waals surface area contributed by atoms with E-state index in [0.29, 0.717) is 34.1 Å². The summed E-state index contributed by atoms with van der Waals surface area (Å²) >= 11 is 13.3. The first-order valence-electron chi connectivity index (χ1n) is 9.23. The Bertz CT molecular complexity index is 1170. The van der Waals surface area contributed by atoms with Gasteiger partial charge in [0.05, 0.1) is 15.6 Å². The van der Waals surface area contributed by atoms with Gasteiger partial charge in [-0.05, 0) is 34.9 Å². The first-order valence-corrected chi connectivity index (χ1v) is 10.9. The molecule has 1 aliphatic heterocycles. The molecule has 0 aliphatic carbocycles. The Morgan fingerprint density at radius 3 is 2.47 bits per heavy atom. The second-order valence-corrected chi connectivity index (χ2v) is 8.46. The maximum absolute atomic E-state index is 12.5. The highest BCUT2D eigenvalue weighted by Gasteiger charge is 2.17. The highest BCUT2D eigenvalue weighted by atomic mass is 35.5. The van der Waals surface area contributed by atoms with Gasteiger partial charge < -0.3 is 0 Å². The molecule has 4 nitrogen and oxygen atoms in total. The summed E-state index contributed by atoms with van der Waals surface area (Å²) in [6.07, 6.45) is 2.97. The Morgan fingerprint density at radius 2 is 1.77 bits per heavy atom. The van der Waals surface area contributed by atoms with E-state index in [9.17, 15) is 9.59 Å². The molecule has 0 bridgehead atoms. The molecule has 0 radical (unpaired) electrons. The minimum Gasteiger partial charge on any atom is -0.294 e. The number of halogens is 2. The molecule has 0 amide bonds. The number of hydrogen-bond acceptors (Lipinski definition) is 5. The van der Waals surface area contributed by atoms with Crippen molar-refractivity contribution in [2.75, 3.05) is 0 Å². The number of benzene rings is 2. The number of aromatic nitrogens is 1. The number of hydrogen-bond donors (Lipinski definition) is 0. The molecule has 2 aromatic carbocycles. The van der Waals surface area contributed by atoms with Crippen LogP contribution in [0.15, 0.2) is 64.5 Å². The van der Waals surface area contributed by atoms with Crippen molar-refractivity contribution in [2.45, 2.75) is 19.3 Å². The lowest BCUT2D eigenvalue weighted by atomic mass is 9.97. The van der Waals surface area contributed by atoms with Crippen LogP contribution in [0, 0.1) is 0 Å². The van der Waals surface area contributed by atoms with Gasteiger partial charge in [0.15, 0.2) is 11.6 Å². The van der Waals surface area contributed by atoms with Crippen LogP contribution >= 0.6 is 34.5 Å². The maximum atomic E-state index is 12.5. The normalized spacial score (nSPS) is 13.1. The van der Waals surface area contributed by atoms with E-state index in [1.54, 1.807) is 35.3 Å². The van der Waals surface area contributed by atoms with Crippen LogP contribution in [0.2, 0.25) is 10.0 Å². The van der Waals surface area contributed by atoms with E-state index >= 15 is 0 Å². The van der Waals surface area contributed by atoms with Gasteiger partial charge in [-0.1, -0.05) is 47.5 Å². The van der Waals surface area contributed by atoms with E-state index < -0.39 is 0 Å². The molecule has 0 N–H and O–H groups in total. The highest BCUT2D eigenvalue weighted by molar-refractivity contribution is 7.07. The van der Waals surface area contributed by atoms with Crippen LogP contribution in [0.1, 0.15) is 44.8 Å². The van der Waals surface area contributed by atoms with Crippen molar-refractivity contribution in [3.8, 4) is 0 Å². The molecule has 0 atom stereocenters. The summed E-state index contributed by atoms with van der Waals surface area (Å²) in [4.78, 5) is 33.2. The average Bonchev–Trinajstić information content (AvgIpc) is 3.43. The summed E-state index contributed by atoms with van der Waals surface area (Å²) < 4.78 is 0. The standard InChI is InChI=1S/C23H16Cl2N2O2S/c24-19-6-5-16(9-20(19)25)22(28)10-18-8-17(11-26-18)15-3-1-14(2-4-15)7-23(29)21-12-30-13-27-21/h1-6,9,11-13H,7-8,10H2. The molecule has 7 heteroatoms. The van der Waals surface area contributed by atoms with Gasteiger partial charge in [-0.2, -0.15) is 0 Å². The number of carbonyl (C=O) groups excluding carboxylic acids is 2. The molecular formula is C23H16Cl2N2O2S. The zero-order chi connectivity index (χ0) is 21.1. The molecule has 2 heterocycles. The zero-order valence-corrected chi connectivity index (χ0v) is 18.1. The summed E-state index contributed by atoms with van der Waals surface area (Å²) in [7, 11) is 0. The summed E-state index contributed by atoms with van der Waals surface area (Å²) in [5, 5.41) is 2.55.